The monoisotopic (exact) mass is 427 g/mol. The van der Waals surface area contributed by atoms with Crippen molar-refractivity contribution in [1.29, 1.82) is 0 Å². The average Bonchev–Trinajstić information content (AvgIpc) is 3.51. The van der Waals surface area contributed by atoms with E-state index >= 15 is 0 Å². The van der Waals surface area contributed by atoms with Crippen LogP contribution in [0.2, 0.25) is 0 Å². The highest BCUT2D eigenvalue weighted by molar-refractivity contribution is 5.80. The average molecular weight is 427 g/mol. The van der Waals surface area contributed by atoms with Gasteiger partial charge in [-0.05, 0) is 34.5 Å². The molecule has 0 radical (unpaired) electrons. The second-order valence-corrected chi connectivity index (χ2v) is 7.26. The molecule has 0 fully saturated rings. The van der Waals surface area contributed by atoms with Gasteiger partial charge in [0.25, 0.3) is 0 Å². The standard InChI is InChI=1S/C23H21N7O2/c1-3-30-18-14-17(19-26-28-29-27-19)21(32-2)24-20(18)25-22(30)23(31,15-10-6-4-7-11-15)16-12-8-5-9-13-16/h4-14,31H,3H2,1-2H3,(H,26,27,28,29). The van der Waals surface area contributed by atoms with E-state index in [-0.39, 0.29) is 0 Å². The SMILES string of the molecule is CCn1c(C(O)(c2ccccc2)c2ccccc2)nc2nc(OC)c(-c3nnn[nH]3)cc21. The van der Waals surface area contributed by atoms with E-state index in [1.165, 1.54) is 7.11 Å². The molecule has 0 spiro atoms. The topological polar surface area (TPSA) is 115 Å². The van der Waals surface area contributed by atoms with Crippen molar-refractivity contribution in [2.75, 3.05) is 7.11 Å². The minimum atomic E-state index is -1.49. The van der Waals surface area contributed by atoms with Crippen LogP contribution in [0.25, 0.3) is 22.6 Å². The fourth-order valence-corrected chi connectivity index (χ4v) is 4.01. The van der Waals surface area contributed by atoms with Gasteiger partial charge in [-0.25, -0.2) is 10.1 Å². The summed E-state index contributed by atoms with van der Waals surface area (Å²) in [7, 11) is 1.53. The lowest BCUT2D eigenvalue weighted by Gasteiger charge is -2.29. The highest BCUT2D eigenvalue weighted by Crippen LogP contribution is 2.38. The number of hydrogen-bond donors (Lipinski definition) is 2. The molecule has 32 heavy (non-hydrogen) atoms. The molecular formula is C23H21N7O2. The number of aryl methyl sites for hydroxylation is 1. The second kappa shape index (κ2) is 7.86. The molecule has 3 aromatic heterocycles. The molecule has 0 unspecified atom stereocenters. The molecule has 0 saturated carbocycles. The summed E-state index contributed by atoms with van der Waals surface area (Å²) < 4.78 is 7.43. The molecule has 0 aliphatic heterocycles. The predicted octanol–water partition coefficient (Wildman–Crippen LogP) is 2.92. The number of tetrazole rings is 1. The van der Waals surface area contributed by atoms with Gasteiger partial charge in [-0.1, -0.05) is 60.7 Å². The fraction of sp³-hybridized carbons (Fsp3) is 0.174. The number of rotatable bonds is 6. The van der Waals surface area contributed by atoms with Gasteiger partial charge in [-0.2, -0.15) is 4.98 Å². The van der Waals surface area contributed by atoms with Crippen LogP contribution in [0.15, 0.2) is 66.7 Å². The molecule has 0 aliphatic rings. The minimum absolute atomic E-state index is 0.339. The maximum absolute atomic E-state index is 12.2. The molecule has 0 bridgehead atoms. The van der Waals surface area contributed by atoms with Crippen LogP contribution in [0.1, 0.15) is 23.9 Å². The Kier molecular flexibility index (Phi) is 4.87. The van der Waals surface area contributed by atoms with E-state index in [9.17, 15) is 5.11 Å². The Labute approximate surface area is 183 Å². The molecule has 9 nitrogen and oxygen atoms in total. The van der Waals surface area contributed by atoms with Crippen molar-refractivity contribution in [3.8, 4) is 17.3 Å². The third-order valence-corrected chi connectivity index (χ3v) is 5.52. The summed E-state index contributed by atoms with van der Waals surface area (Å²) in [5.74, 6) is 1.24. The van der Waals surface area contributed by atoms with Gasteiger partial charge in [-0.3, -0.25) is 0 Å². The molecule has 5 aromatic rings. The van der Waals surface area contributed by atoms with E-state index in [0.29, 0.717) is 46.4 Å². The summed E-state index contributed by atoms with van der Waals surface area (Å²) in [4.78, 5) is 9.40. The van der Waals surface area contributed by atoms with Gasteiger partial charge < -0.3 is 14.4 Å². The van der Waals surface area contributed by atoms with Crippen LogP contribution in [0.4, 0.5) is 0 Å². The number of H-pyrrole nitrogens is 1. The van der Waals surface area contributed by atoms with Crippen molar-refractivity contribution < 1.29 is 9.84 Å². The van der Waals surface area contributed by atoms with Crippen LogP contribution in [-0.4, -0.2) is 47.4 Å². The number of imidazole rings is 1. The van der Waals surface area contributed by atoms with Gasteiger partial charge in [0.15, 0.2) is 22.9 Å². The third kappa shape index (κ3) is 3.02. The molecule has 9 heteroatoms. The Bertz CT molecular complexity index is 1310. The summed E-state index contributed by atoms with van der Waals surface area (Å²) in [6.07, 6.45) is 0. The number of aliphatic hydroxyl groups is 1. The van der Waals surface area contributed by atoms with Crippen LogP contribution in [0.3, 0.4) is 0 Å². The van der Waals surface area contributed by atoms with Gasteiger partial charge in [0.1, 0.15) is 0 Å². The number of benzene rings is 2. The maximum atomic E-state index is 12.2. The molecule has 2 aromatic carbocycles. The molecule has 5 rings (SSSR count). The van der Waals surface area contributed by atoms with Gasteiger partial charge in [0.05, 0.1) is 18.2 Å². The van der Waals surface area contributed by atoms with Crippen LogP contribution >= 0.6 is 0 Å². The van der Waals surface area contributed by atoms with E-state index in [0.717, 1.165) is 5.52 Å². The van der Waals surface area contributed by atoms with Crippen molar-refractivity contribution in [3.63, 3.8) is 0 Å². The molecule has 0 amide bonds. The molecule has 0 aliphatic carbocycles. The zero-order valence-electron chi connectivity index (χ0n) is 17.6. The number of pyridine rings is 1. The van der Waals surface area contributed by atoms with Crippen molar-refractivity contribution in [2.24, 2.45) is 0 Å². The molecular weight excluding hydrogens is 406 g/mol. The van der Waals surface area contributed by atoms with E-state index in [1.807, 2.05) is 78.2 Å². The molecule has 0 atom stereocenters. The number of aromatic nitrogens is 7. The number of fused-ring (bicyclic) bond motifs is 1. The summed E-state index contributed by atoms with van der Waals surface area (Å²) >= 11 is 0. The van der Waals surface area contributed by atoms with Gasteiger partial charge >= 0.3 is 0 Å². The van der Waals surface area contributed by atoms with Gasteiger partial charge in [0.2, 0.25) is 5.88 Å². The fourth-order valence-electron chi connectivity index (χ4n) is 4.01. The zero-order chi connectivity index (χ0) is 22.1. The first-order valence-corrected chi connectivity index (χ1v) is 10.2. The Hall–Kier alpha value is -4.11. The number of hydrogen-bond acceptors (Lipinski definition) is 7. The van der Waals surface area contributed by atoms with E-state index in [4.69, 9.17) is 9.72 Å². The van der Waals surface area contributed by atoms with Crippen LogP contribution < -0.4 is 4.74 Å². The largest absolute Gasteiger partial charge is 0.480 e. The normalized spacial score (nSPS) is 11.7. The van der Waals surface area contributed by atoms with Crippen LogP contribution in [0.5, 0.6) is 5.88 Å². The van der Waals surface area contributed by atoms with Gasteiger partial charge in [-0.15, -0.1) is 5.10 Å². The smallest absolute Gasteiger partial charge is 0.226 e. The van der Waals surface area contributed by atoms with Crippen molar-refractivity contribution in [1.82, 2.24) is 35.2 Å². The number of nitrogens with one attached hydrogen (secondary N) is 1. The van der Waals surface area contributed by atoms with E-state index in [1.54, 1.807) is 0 Å². The summed E-state index contributed by atoms with van der Waals surface area (Å²) in [5.41, 5.74) is 1.74. The highest BCUT2D eigenvalue weighted by Gasteiger charge is 2.39. The van der Waals surface area contributed by atoms with Crippen molar-refractivity contribution in [3.05, 3.63) is 83.7 Å². The molecule has 3 heterocycles. The molecule has 2 N–H and O–H groups in total. The summed E-state index contributed by atoms with van der Waals surface area (Å²) in [6, 6.07) is 20.9. The summed E-state index contributed by atoms with van der Waals surface area (Å²) in [6.45, 7) is 2.57. The Morgan fingerprint density at radius 3 is 2.19 bits per heavy atom. The third-order valence-electron chi connectivity index (χ3n) is 5.52. The van der Waals surface area contributed by atoms with Crippen LogP contribution in [0, 0.1) is 0 Å². The lowest BCUT2D eigenvalue weighted by molar-refractivity contribution is 0.112. The quantitative estimate of drug-likeness (QED) is 0.428. The van der Waals surface area contributed by atoms with Gasteiger partial charge in [0, 0.05) is 6.54 Å². The first-order valence-electron chi connectivity index (χ1n) is 10.2. The second-order valence-electron chi connectivity index (χ2n) is 7.26. The first kappa shape index (κ1) is 19.8. The number of nitrogens with zero attached hydrogens (tertiary/aromatic N) is 6. The lowest BCUT2D eigenvalue weighted by atomic mass is 9.85. The highest BCUT2D eigenvalue weighted by atomic mass is 16.5. The minimum Gasteiger partial charge on any atom is -0.480 e. The number of ether oxygens (including phenoxy) is 1. The number of aromatic amines is 1. The number of methoxy groups -OCH3 is 1. The van der Waals surface area contributed by atoms with E-state index < -0.39 is 5.60 Å². The predicted molar refractivity (Wildman–Crippen MR) is 118 cm³/mol. The van der Waals surface area contributed by atoms with Crippen LogP contribution in [-0.2, 0) is 12.1 Å². The molecule has 160 valence electrons. The van der Waals surface area contributed by atoms with Crippen molar-refractivity contribution in [2.45, 2.75) is 19.1 Å². The first-order chi connectivity index (χ1) is 15.7. The van der Waals surface area contributed by atoms with E-state index in [2.05, 4.69) is 25.6 Å². The molecule has 0 saturated heterocycles. The Balaban J connectivity index is 1.82. The Morgan fingerprint density at radius 2 is 1.66 bits per heavy atom. The Morgan fingerprint density at radius 1 is 1.00 bits per heavy atom. The summed E-state index contributed by atoms with van der Waals surface area (Å²) in [5, 5.41) is 26.3. The lowest BCUT2D eigenvalue weighted by Crippen LogP contribution is -2.32. The maximum Gasteiger partial charge on any atom is 0.226 e. The van der Waals surface area contributed by atoms with Crippen molar-refractivity contribution >= 4 is 11.2 Å². The zero-order valence-corrected chi connectivity index (χ0v) is 17.6.